The fraction of sp³-hybridized carbons (Fsp3) is 0.133. The first-order valence-electron chi connectivity index (χ1n) is 6.14. The van der Waals surface area contributed by atoms with E-state index in [0.717, 1.165) is 16.9 Å². The van der Waals surface area contributed by atoms with E-state index in [-0.39, 0.29) is 11.8 Å². The molecule has 0 unspecified atom stereocenters. The smallest absolute Gasteiger partial charge is 0.260 e. The van der Waals surface area contributed by atoms with E-state index in [2.05, 4.69) is 10.3 Å². The number of rotatable bonds is 3. The zero-order chi connectivity index (χ0) is 14.1. The molecule has 1 aromatic heterocycles. The highest BCUT2D eigenvalue weighted by Gasteiger charge is 2.29. The Labute approximate surface area is 115 Å². The maximum atomic E-state index is 11.8. The van der Waals surface area contributed by atoms with Crippen LogP contribution in [0.15, 0.2) is 36.7 Å². The number of hydrogen-bond acceptors (Lipinski definition) is 4. The van der Waals surface area contributed by atoms with E-state index in [9.17, 15) is 9.59 Å². The average Bonchev–Trinajstić information content (AvgIpc) is 2.76. The Balaban J connectivity index is 1.95. The third-order valence-electron chi connectivity index (χ3n) is 3.28. The molecule has 0 atom stereocenters. The Hall–Kier alpha value is -2.69. The van der Waals surface area contributed by atoms with E-state index in [1.807, 2.05) is 24.3 Å². The fourth-order valence-electron chi connectivity index (χ4n) is 2.27. The lowest BCUT2D eigenvalue weighted by atomic mass is 9.99. The first kappa shape index (κ1) is 12.3. The van der Waals surface area contributed by atoms with Gasteiger partial charge in [0.2, 0.25) is 0 Å². The van der Waals surface area contributed by atoms with Crippen LogP contribution < -0.4 is 10.1 Å². The SMILES string of the molecule is COc1ccc(Cc2cncc3c2C(=O)NC3=O)cc1. The Kier molecular flexibility index (Phi) is 2.95. The molecule has 0 spiro atoms. The maximum Gasteiger partial charge on any atom is 0.260 e. The molecule has 0 saturated carbocycles. The Bertz CT molecular complexity index is 693. The number of nitrogens with zero attached hydrogens (tertiary/aromatic N) is 1. The zero-order valence-corrected chi connectivity index (χ0v) is 10.8. The van der Waals surface area contributed by atoms with Crippen LogP contribution in [0.3, 0.4) is 0 Å². The van der Waals surface area contributed by atoms with Gasteiger partial charge in [-0.3, -0.25) is 19.9 Å². The molecule has 0 fully saturated rings. The molecule has 0 saturated heterocycles. The molecule has 3 rings (SSSR count). The van der Waals surface area contributed by atoms with Crippen LogP contribution in [0.4, 0.5) is 0 Å². The maximum absolute atomic E-state index is 11.8. The van der Waals surface area contributed by atoms with Gasteiger partial charge in [-0.2, -0.15) is 0 Å². The van der Waals surface area contributed by atoms with Gasteiger partial charge >= 0.3 is 0 Å². The van der Waals surface area contributed by atoms with Gasteiger partial charge in [0.15, 0.2) is 0 Å². The van der Waals surface area contributed by atoms with Crippen molar-refractivity contribution >= 4 is 11.8 Å². The lowest BCUT2D eigenvalue weighted by Gasteiger charge is -2.06. The van der Waals surface area contributed by atoms with Crippen LogP contribution >= 0.6 is 0 Å². The molecule has 0 bridgehead atoms. The quantitative estimate of drug-likeness (QED) is 0.858. The largest absolute Gasteiger partial charge is 0.497 e. The van der Waals surface area contributed by atoms with Gasteiger partial charge in [-0.1, -0.05) is 12.1 Å². The molecule has 2 heterocycles. The number of pyridine rings is 1. The molecule has 0 aliphatic carbocycles. The summed E-state index contributed by atoms with van der Waals surface area (Å²) in [4.78, 5) is 27.4. The third kappa shape index (κ3) is 2.03. The van der Waals surface area contributed by atoms with Gasteiger partial charge in [-0.05, 0) is 29.7 Å². The molecular weight excluding hydrogens is 256 g/mol. The molecule has 20 heavy (non-hydrogen) atoms. The Morgan fingerprint density at radius 3 is 2.55 bits per heavy atom. The van der Waals surface area contributed by atoms with Crippen molar-refractivity contribution < 1.29 is 14.3 Å². The average molecular weight is 268 g/mol. The Morgan fingerprint density at radius 1 is 1.10 bits per heavy atom. The summed E-state index contributed by atoms with van der Waals surface area (Å²) in [6.45, 7) is 0. The van der Waals surface area contributed by atoms with Crippen molar-refractivity contribution in [1.82, 2.24) is 10.3 Å². The number of methoxy groups -OCH3 is 1. The summed E-state index contributed by atoms with van der Waals surface area (Å²) in [7, 11) is 1.61. The summed E-state index contributed by atoms with van der Waals surface area (Å²) in [6, 6.07) is 7.56. The van der Waals surface area contributed by atoms with Crippen molar-refractivity contribution in [3.05, 3.63) is 58.9 Å². The van der Waals surface area contributed by atoms with E-state index >= 15 is 0 Å². The van der Waals surface area contributed by atoms with Crippen LogP contribution in [0.25, 0.3) is 0 Å². The first-order chi connectivity index (χ1) is 9.69. The van der Waals surface area contributed by atoms with Gasteiger partial charge in [0, 0.05) is 12.4 Å². The van der Waals surface area contributed by atoms with Crippen LogP contribution in [-0.2, 0) is 6.42 Å². The Morgan fingerprint density at radius 2 is 1.85 bits per heavy atom. The number of aromatic nitrogens is 1. The molecule has 2 amide bonds. The molecule has 1 aromatic carbocycles. The number of carbonyl (C=O) groups excluding carboxylic acids is 2. The van der Waals surface area contributed by atoms with Crippen LogP contribution in [0.5, 0.6) is 5.75 Å². The zero-order valence-electron chi connectivity index (χ0n) is 10.8. The van der Waals surface area contributed by atoms with Gasteiger partial charge in [-0.25, -0.2) is 0 Å². The highest BCUT2D eigenvalue weighted by atomic mass is 16.5. The predicted octanol–water partition coefficient (Wildman–Crippen LogP) is 1.56. The van der Waals surface area contributed by atoms with Crippen molar-refractivity contribution in [1.29, 1.82) is 0 Å². The van der Waals surface area contributed by atoms with Crippen LogP contribution in [0.2, 0.25) is 0 Å². The second-order valence-corrected chi connectivity index (χ2v) is 4.53. The minimum atomic E-state index is -0.380. The number of ether oxygens (including phenoxy) is 1. The summed E-state index contributed by atoms with van der Waals surface area (Å²) in [5, 5.41) is 2.29. The molecule has 1 aliphatic rings. The lowest BCUT2D eigenvalue weighted by Crippen LogP contribution is -2.20. The second kappa shape index (κ2) is 4.77. The van der Waals surface area contributed by atoms with E-state index in [4.69, 9.17) is 4.74 Å². The molecular formula is C15H12N2O3. The van der Waals surface area contributed by atoms with Gasteiger partial charge in [0.05, 0.1) is 18.2 Å². The monoisotopic (exact) mass is 268 g/mol. The second-order valence-electron chi connectivity index (χ2n) is 4.53. The van der Waals surface area contributed by atoms with E-state index in [0.29, 0.717) is 17.5 Å². The lowest BCUT2D eigenvalue weighted by molar-refractivity contribution is 0.0879. The van der Waals surface area contributed by atoms with Gasteiger partial charge in [-0.15, -0.1) is 0 Å². The number of amides is 2. The molecule has 5 heteroatoms. The molecule has 5 nitrogen and oxygen atoms in total. The number of hydrogen-bond donors (Lipinski definition) is 1. The molecule has 100 valence electrons. The van der Waals surface area contributed by atoms with Gasteiger partial charge < -0.3 is 4.74 Å². The minimum Gasteiger partial charge on any atom is -0.497 e. The minimum absolute atomic E-state index is 0.348. The number of nitrogens with one attached hydrogen (secondary N) is 1. The molecule has 2 aromatic rings. The number of imide groups is 1. The van der Waals surface area contributed by atoms with Gasteiger partial charge in [0.1, 0.15) is 5.75 Å². The highest BCUT2D eigenvalue weighted by molar-refractivity contribution is 6.21. The summed E-state index contributed by atoms with van der Waals surface area (Å²) in [5.41, 5.74) is 2.55. The summed E-state index contributed by atoms with van der Waals surface area (Å²) in [5.74, 6) is 0.0445. The summed E-state index contributed by atoms with van der Waals surface area (Å²) < 4.78 is 5.10. The number of fused-ring (bicyclic) bond motifs is 1. The predicted molar refractivity (Wildman–Crippen MR) is 71.8 cm³/mol. The van der Waals surface area contributed by atoms with Crippen molar-refractivity contribution in [3.8, 4) is 5.75 Å². The van der Waals surface area contributed by atoms with E-state index in [1.165, 1.54) is 6.20 Å². The van der Waals surface area contributed by atoms with Crippen molar-refractivity contribution in [2.45, 2.75) is 6.42 Å². The number of benzene rings is 1. The third-order valence-corrected chi connectivity index (χ3v) is 3.28. The summed E-state index contributed by atoms with van der Waals surface area (Å²) in [6.07, 6.45) is 3.59. The molecule has 1 N–H and O–H groups in total. The van der Waals surface area contributed by atoms with Crippen molar-refractivity contribution in [3.63, 3.8) is 0 Å². The topological polar surface area (TPSA) is 68.3 Å². The molecule has 1 aliphatic heterocycles. The number of carbonyl (C=O) groups is 2. The first-order valence-corrected chi connectivity index (χ1v) is 6.14. The van der Waals surface area contributed by atoms with E-state index in [1.54, 1.807) is 13.3 Å². The van der Waals surface area contributed by atoms with Crippen LogP contribution in [0, 0.1) is 0 Å². The van der Waals surface area contributed by atoms with E-state index < -0.39 is 0 Å². The standard InChI is InChI=1S/C15H12N2O3/c1-20-11-4-2-9(3-5-11)6-10-7-16-8-12-13(10)15(19)17-14(12)18/h2-5,7-8H,6H2,1H3,(H,17,18,19). The van der Waals surface area contributed by atoms with Gasteiger partial charge in [0.25, 0.3) is 11.8 Å². The fourth-order valence-corrected chi connectivity index (χ4v) is 2.27. The normalized spacial score (nSPS) is 13.1. The van der Waals surface area contributed by atoms with Crippen LogP contribution in [0.1, 0.15) is 31.8 Å². The van der Waals surface area contributed by atoms with Crippen molar-refractivity contribution in [2.75, 3.05) is 7.11 Å². The highest BCUT2D eigenvalue weighted by Crippen LogP contribution is 2.22. The summed E-state index contributed by atoms with van der Waals surface area (Å²) >= 11 is 0. The molecule has 0 radical (unpaired) electrons. The van der Waals surface area contributed by atoms with Crippen LogP contribution in [-0.4, -0.2) is 23.9 Å². The van der Waals surface area contributed by atoms with Crippen molar-refractivity contribution in [2.24, 2.45) is 0 Å².